The van der Waals surface area contributed by atoms with Crippen LogP contribution in [0.15, 0.2) is 12.1 Å². The number of benzene rings is 1. The van der Waals surface area contributed by atoms with Gasteiger partial charge in [0, 0.05) is 18.1 Å². The number of rotatable bonds is 1. The minimum Gasteiger partial charge on any atom is -0.353 e. The zero-order valence-electron chi connectivity index (χ0n) is 9.86. The smallest absolute Gasteiger partial charge is 0.239 e. The first-order chi connectivity index (χ1) is 8.65. The third-order valence-corrected chi connectivity index (χ3v) is 4.54. The average Bonchev–Trinajstić information content (AvgIpc) is 2.79. The molecule has 94 valence electrons. The molecule has 18 heavy (non-hydrogen) atoms. The molecular weight excluding hydrogens is 270 g/mol. The van der Waals surface area contributed by atoms with Gasteiger partial charge in [0.15, 0.2) is 5.13 Å². The zero-order chi connectivity index (χ0) is 12.7. The molecule has 1 aliphatic heterocycles. The Morgan fingerprint density at radius 2 is 2.33 bits per heavy atom. The maximum absolute atomic E-state index is 11.4. The molecule has 1 N–H and O–H groups in total. The van der Waals surface area contributed by atoms with Crippen LogP contribution in [0.2, 0.25) is 5.02 Å². The molecule has 1 aromatic carbocycles. The van der Waals surface area contributed by atoms with E-state index in [1.54, 1.807) is 11.3 Å². The second-order valence-corrected chi connectivity index (χ2v) is 5.70. The second-order valence-electron chi connectivity index (χ2n) is 4.29. The maximum Gasteiger partial charge on any atom is 0.239 e. The van der Waals surface area contributed by atoms with Gasteiger partial charge in [-0.3, -0.25) is 4.79 Å². The van der Waals surface area contributed by atoms with Gasteiger partial charge in [-0.15, -0.1) is 0 Å². The molecule has 3 rings (SSSR count). The molecule has 1 fully saturated rings. The van der Waals surface area contributed by atoms with Gasteiger partial charge in [0.1, 0.15) is 0 Å². The number of anilines is 1. The molecule has 1 amide bonds. The van der Waals surface area contributed by atoms with Gasteiger partial charge in [-0.2, -0.15) is 0 Å². The highest BCUT2D eigenvalue weighted by Gasteiger charge is 2.20. The number of aryl methyl sites for hydroxylation is 1. The Kier molecular flexibility index (Phi) is 2.87. The number of fused-ring (bicyclic) bond motifs is 1. The summed E-state index contributed by atoms with van der Waals surface area (Å²) in [6.07, 6.45) is 0. The average molecular weight is 282 g/mol. The number of amides is 1. The Balaban J connectivity index is 2.03. The Bertz CT molecular complexity index is 625. The fourth-order valence-electron chi connectivity index (χ4n) is 2.03. The Labute approximate surface area is 114 Å². The van der Waals surface area contributed by atoms with E-state index in [1.807, 2.05) is 24.0 Å². The van der Waals surface area contributed by atoms with Crippen molar-refractivity contribution in [2.45, 2.75) is 6.92 Å². The molecule has 1 saturated heterocycles. The van der Waals surface area contributed by atoms with Crippen LogP contribution >= 0.6 is 22.9 Å². The molecule has 1 aliphatic rings. The third-order valence-electron chi connectivity index (χ3n) is 3.05. The van der Waals surface area contributed by atoms with Gasteiger partial charge in [0.25, 0.3) is 0 Å². The number of thiazole rings is 1. The largest absolute Gasteiger partial charge is 0.353 e. The highest BCUT2D eigenvalue weighted by molar-refractivity contribution is 7.22. The topological polar surface area (TPSA) is 45.2 Å². The van der Waals surface area contributed by atoms with E-state index in [-0.39, 0.29) is 5.91 Å². The maximum atomic E-state index is 11.4. The number of aromatic nitrogens is 1. The van der Waals surface area contributed by atoms with Gasteiger partial charge >= 0.3 is 0 Å². The predicted octanol–water partition coefficient (Wildman–Crippen LogP) is 2.19. The van der Waals surface area contributed by atoms with E-state index in [2.05, 4.69) is 10.3 Å². The van der Waals surface area contributed by atoms with Crippen LogP contribution in [-0.4, -0.2) is 30.5 Å². The standard InChI is InChI=1S/C12H12ClN3OS/c1-7-8(13)2-3-9-11(7)15-12(18-9)16-5-4-14-10(17)6-16/h2-3H,4-6H2,1H3,(H,14,17). The van der Waals surface area contributed by atoms with Crippen molar-refractivity contribution in [3.63, 3.8) is 0 Å². The molecule has 0 spiro atoms. The van der Waals surface area contributed by atoms with Crippen molar-refractivity contribution in [1.82, 2.24) is 10.3 Å². The number of hydrogen-bond donors (Lipinski definition) is 1. The summed E-state index contributed by atoms with van der Waals surface area (Å²) >= 11 is 7.70. The summed E-state index contributed by atoms with van der Waals surface area (Å²) in [5, 5.41) is 4.44. The summed E-state index contributed by atoms with van der Waals surface area (Å²) in [5.74, 6) is 0.0512. The highest BCUT2D eigenvalue weighted by atomic mass is 35.5. The van der Waals surface area contributed by atoms with Gasteiger partial charge in [-0.05, 0) is 24.6 Å². The molecule has 0 saturated carbocycles. The van der Waals surface area contributed by atoms with Crippen LogP contribution < -0.4 is 10.2 Å². The summed E-state index contributed by atoms with van der Waals surface area (Å²) in [7, 11) is 0. The van der Waals surface area contributed by atoms with E-state index in [0.29, 0.717) is 13.1 Å². The zero-order valence-corrected chi connectivity index (χ0v) is 11.4. The number of piperazine rings is 1. The molecule has 6 heteroatoms. The molecule has 0 bridgehead atoms. The highest BCUT2D eigenvalue weighted by Crippen LogP contribution is 2.33. The lowest BCUT2D eigenvalue weighted by molar-refractivity contribution is -0.120. The lowest BCUT2D eigenvalue weighted by atomic mass is 10.2. The van der Waals surface area contributed by atoms with Crippen LogP contribution in [0.25, 0.3) is 10.2 Å². The van der Waals surface area contributed by atoms with E-state index < -0.39 is 0 Å². The first-order valence-corrected chi connectivity index (χ1v) is 6.92. The van der Waals surface area contributed by atoms with Crippen molar-refractivity contribution in [1.29, 1.82) is 0 Å². The van der Waals surface area contributed by atoms with Gasteiger partial charge in [0.05, 0.1) is 16.8 Å². The van der Waals surface area contributed by atoms with E-state index in [1.165, 1.54) is 0 Å². The van der Waals surface area contributed by atoms with Crippen molar-refractivity contribution in [3.05, 3.63) is 22.7 Å². The van der Waals surface area contributed by atoms with Gasteiger partial charge < -0.3 is 10.2 Å². The van der Waals surface area contributed by atoms with Gasteiger partial charge in [-0.1, -0.05) is 22.9 Å². The van der Waals surface area contributed by atoms with Crippen molar-refractivity contribution in [2.75, 3.05) is 24.5 Å². The Morgan fingerprint density at radius 3 is 3.11 bits per heavy atom. The monoisotopic (exact) mass is 281 g/mol. The first-order valence-electron chi connectivity index (χ1n) is 5.72. The van der Waals surface area contributed by atoms with Crippen molar-refractivity contribution >= 4 is 44.2 Å². The Hall–Kier alpha value is -1.33. The number of nitrogens with zero attached hydrogens (tertiary/aromatic N) is 2. The molecule has 0 unspecified atom stereocenters. The normalized spacial score (nSPS) is 16.1. The Morgan fingerprint density at radius 1 is 1.50 bits per heavy atom. The van der Waals surface area contributed by atoms with Crippen LogP contribution in [0.3, 0.4) is 0 Å². The first kappa shape index (κ1) is 11.7. The van der Waals surface area contributed by atoms with E-state index in [9.17, 15) is 4.79 Å². The van der Waals surface area contributed by atoms with Crippen molar-refractivity contribution < 1.29 is 4.79 Å². The van der Waals surface area contributed by atoms with E-state index in [4.69, 9.17) is 11.6 Å². The molecule has 0 aliphatic carbocycles. The van der Waals surface area contributed by atoms with Crippen molar-refractivity contribution in [3.8, 4) is 0 Å². The molecule has 2 aromatic rings. The SMILES string of the molecule is Cc1c(Cl)ccc2sc(N3CCNC(=O)C3)nc12. The molecule has 4 nitrogen and oxygen atoms in total. The number of carbonyl (C=O) groups excluding carboxylic acids is 1. The molecule has 2 heterocycles. The van der Waals surface area contributed by atoms with Crippen LogP contribution in [0, 0.1) is 6.92 Å². The predicted molar refractivity (Wildman–Crippen MR) is 74.6 cm³/mol. The second kappa shape index (κ2) is 4.40. The quantitative estimate of drug-likeness (QED) is 0.872. The summed E-state index contributed by atoms with van der Waals surface area (Å²) in [5.41, 5.74) is 1.94. The summed E-state index contributed by atoms with van der Waals surface area (Å²) in [4.78, 5) is 18.0. The number of carbonyl (C=O) groups is 1. The number of hydrogen-bond acceptors (Lipinski definition) is 4. The minimum absolute atomic E-state index is 0.0512. The number of nitrogens with one attached hydrogen (secondary N) is 1. The fraction of sp³-hybridized carbons (Fsp3) is 0.333. The lowest BCUT2D eigenvalue weighted by Gasteiger charge is -2.25. The molecular formula is C12H12ClN3OS. The van der Waals surface area contributed by atoms with Crippen LogP contribution in [0.4, 0.5) is 5.13 Å². The summed E-state index contributed by atoms with van der Waals surface area (Å²) < 4.78 is 1.11. The third kappa shape index (κ3) is 1.93. The summed E-state index contributed by atoms with van der Waals surface area (Å²) in [6, 6.07) is 3.87. The van der Waals surface area contributed by atoms with Crippen molar-refractivity contribution in [2.24, 2.45) is 0 Å². The van der Waals surface area contributed by atoms with Crippen LogP contribution in [0.1, 0.15) is 5.56 Å². The van der Waals surface area contributed by atoms with Gasteiger partial charge in [-0.25, -0.2) is 4.98 Å². The molecule has 1 aromatic heterocycles. The van der Waals surface area contributed by atoms with E-state index >= 15 is 0 Å². The van der Waals surface area contributed by atoms with Crippen LogP contribution in [-0.2, 0) is 4.79 Å². The lowest BCUT2D eigenvalue weighted by Crippen LogP contribution is -2.47. The number of halogens is 1. The van der Waals surface area contributed by atoms with Crippen LogP contribution in [0.5, 0.6) is 0 Å². The molecule has 0 radical (unpaired) electrons. The summed E-state index contributed by atoms with van der Waals surface area (Å²) in [6.45, 7) is 3.83. The minimum atomic E-state index is 0.0512. The van der Waals surface area contributed by atoms with Gasteiger partial charge in [0.2, 0.25) is 5.91 Å². The molecule has 0 atom stereocenters. The fourth-order valence-corrected chi connectivity index (χ4v) is 3.23. The van der Waals surface area contributed by atoms with E-state index in [0.717, 1.165) is 32.5 Å².